The largest absolute Gasteiger partial charge is 0.212 e. The monoisotopic (exact) mass is 316 g/mol. The third kappa shape index (κ3) is 4.68. The first-order chi connectivity index (χ1) is 10.4. The Kier molecular flexibility index (Phi) is 5.37. The Hall–Kier alpha value is -1.65. The van der Waals surface area contributed by atoms with Crippen molar-refractivity contribution < 1.29 is 8.42 Å². The van der Waals surface area contributed by atoms with E-state index in [0.29, 0.717) is 19.5 Å². The zero-order chi connectivity index (χ0) is 16.2. The van der Waals surface area contributed by atoms with E-state index in [1.54, 1.807) is 0 Å². The van der Waals surface area contributed by atoms with Gasteiger partial charge in [0.15, 0.2) is 0 Å². The Bertz CT molecular complexity index is 721. The van der Waals surface area contributed by atoms with Crippen molar-refractivity contribution >= 4 is 10.0 Å². The van der Waals surface area contributed by atoms with Gasteiger partial charge in [0.1, 0.15) is 0 Å². The topological polar surface area (TPSA) is 37.4 Å². The van der Waals surface area contributed by atoms with Gasteiger partial charge in [0, 0.05) is 13.1 Å². The van der Waals surface area contributed by atoms with E-state index in [0.717, 1.165) is 22.3 Å². The lowest BCUT2D eigenvalue weighted by Crippen LogP contribution is -2.29. The van der Waals surface area contributed by atoms with Crippen molar-refractivity contribution in [3.05, 3.63) is 77.7 Å². The summed E-state index contributed by atoms with van der Waals surface area (Å²) in [7, 11) is -3.27. The van der Waals surface area contributed by atoms with Crippen LogP contribution >= 0.6 is 0 Å². The molecule has 1 radical (unpaired) electrons. The number of hydrogen-bond acceptors (Lipinski definition) is 2. The first-order valence-corrected chi connectivity index (χ1v) is 9.11. The number of aryl methyl sites for hydroxylation is 1. The predicted molar refractivity (Wildman–Crippen MR) is 90.8 cm³/mol. The average Bonchev–Trinajstić information content (AvgIpc) is 2.48. The summed E-state index contributed by atoms with van der Waals surface area (Å²) in [6.07, 6.45) is 1.96. The van der Waals surface area contributed by atoms with Crippen LogP contribution in [0.4, 0.5) is 0 Å². The first kappa shape index (κ1) is 16.7. The van der Waals surface area contributed by atoms with Gasteiger partial charge in [-0.3, -0.25) is 0 Å². The van der Waals surface area contributed by atoms with Gasteiger partial charge in [0.2, 0.25) is 10.0 Å². The minimum Gasteiger partial charge on any atom is -0.212 e. The fourth-order valence-electron chi connectivity index (χ4n) is 2.27. The second-order valence-corrected chi connectivity index (χ2v) is 7.57. The van der Waals surface area contributed by atoms with Gasteiger partial charge in [0.25, 0.3) is 0 Å². The molecule has 4 heteroatoms. The van der Waals surface area contributed by atoms with Crippen LogP contribution in [0.5, 0.6) is 0 Å². The summed E-state index contributed by atoms with van der Waals surface area (Å²) >= 11 is 0. The van der Waals surface area contributed by atoms with E-state index in [-0.39, 0.29) is 0 Å². The molecule has 22 heavy (non-hydrogen) atoms. The van der Waals surface area contributed by atoms with Crippen LogP contribution in [0, 0.1) is 13.8 Å². The standard InChI is InChI=1S/C18H22NO2S/c1-4-16-6-5-7-18(12-16)14-19(22(3,20)21)13-17-10-8-15(2)9-11-17/h5-12H,1,4,13-14H2,2-3H3. The van der Waals surface area contributed by atoms with Gasteiger partial charge in [0.05, 0.1) is 6.26 Å². The molecule has 0 amide bonds. The van der Waals surface area contributed by atoms with Gasteiger partial charge in [-0.1, -0.05) is 54.1 Å². The van der Waals surface area contributed by atoms with Gasteiger partial charge < -0.3 is 0 Å². The highest BCUT2D eigenvalue weighted by Gasteiger charge is 2.17. The molecular weight excluding hydrogens is 294 g/mol. The number of nitrogens with zero attached hydrogens (tertiary/aromatic N) is 1. The van der Waals surface area contributed by atoms with E-state index in [4.69, 9.17) is 0 Å². The van der Waals surface area contributed by atoms with Crippen LogP contribution in [0.3, 0.4) is 0 Å². The second kappa shape index (κ2) is 7.07. The summed E-state index contributed by atoms with van der Waals surface area (Å²) in [4.78, 5) is 0. The van der Waals surface area contributed by atoms with Crippen LogP contribution in [0.25, 0.3) is 0 Å². The molecule has 117 valence electrons. The minimum absolute atomic E-state index is 0.376. The van der Waals surface area contributed by atoms with Crippen molar-refractivity contribution in [2.24, 2.45) is 0 Å². The highest BCUT2D eigenvalue weighted by Crippen LogP contribution is 2.15. The summed E-state index contributed by atoms with van der Waals surface area (Å²) in [6, 6.07) is 15.9. The third-order valence-corrected chi connectivity index (χ3v) is 4.78. The van der Waals surface area contributed by atoms with E-state index in [2.05, 4.69) is 6.92 Å². The molecule has 0 aliphatic rings. The van der Waals surface area contributed by atoms with Crippen LogP contribution in [-0.4, -0.2) is 19.0 Å². The van der Waals surface area contributed by atoms with Gasteiger partial charge in [-0.15, -0.1) is 0 Å². The lowest BCUT2D eigenvalue weighted by molar-refractivity contribution is 0.405. The molecule has 0 aromatic heterocycles. The van der Waals surface area contributed by atoms with E-state index >= 15 is 0 Å². The molecule has 0 heterocycles. The zero-order valence-electron chi connectivity index (χ0n) is 13.1. The quantitative estimate of drug-likeness (QED) is 0.820. The summed E-state index contributed by atoms with van der Waals surface area (Å²) in [5.74, 6) is 0. The Morgan fingerprint density at radius 2 is 1.55 bits per heavy atom. The molecule has 0 fully saturated rings. The molecule has 0 atom stereocenters. The maximum Gasteiger partial charge on any atom is 0.211 e. The van der Waals surface area contributed by atoms with Crippen LogP contribution in [0.2, 0.25) is 0 Å². The number of benzene rings is 2. The van der Waals surface area contributed by atoms with Crippen molar-refractivity contribution in [2.75, 3.05) is 6.26 Å². The van der Waals surface area contributed by atoms with Crippen LogP contribution in [0.15, 0.2) is 48.5 Å². The molecule has 0 saturated carbocycles. The van der Waals surface area contributed by atoms with Crippen molar-refractivity contribution in [3.63, 3.8) is 0 Å². The molecule has 0 saturated heterocycles. The van der Waals surface area contributed by atoms with E-state index in [1.807, 2.05) is 55.5 Å². The summed E-state index contributed by atoms with van der Waals surface area (Å²) < 4.78 is 25.7. The Morgan fingerprint density at radius 3 is 2.14 bits per heavy atom. The van der Waals surface area contributed by atoms with Crippen LogP contribution in [-0.2, 0) is 29.5 Å². The van der Waals surface area contributed by atoms with E-state index in [9.17, 15) is 8.42 Å². The molecule has 2 aromatic carbocycles. The Balaban J connectivity index is 2.21. The van der Waals surface area contributed by atoms with Crippen LogP contribution < -0.4 is 0 Å². The summed E-state index contributed by atoms with van der Waals surface area (Å²) in [5.41, 5.74) is 4.25. The van der Waals surface area contributed by atoms with Gasteiger partial charge in [-0.2, -0.15) is 4.31 Å². The lowest BCUT2D eigenvalue weighted by Gasteiger charge is -2.20. The van der Waals surface area contributed by atoms with Gasteiger partial charge in [-0.25, -0.2) is 8.42 Å². The molecule has 0 bridgehead atoms. The Morgan fingerprint density at radius 1 is 0.955 bits per heavy atom. The predicted octanol–water partition coefficient (Wildman–Crippen LogP) is 3.33. The van der Waals surface area contributed by atoms with E-state index in [1.165, 1.54) is 10.6 Å². The van der Waals surface area contributed by atoms with Crippen molar-refractivity contribution in [1.29, 1.82) is 0 Å². The number of hydrogen-bond donors (Lipinski definition) is 0. The zero-order valence-corrected chi connectivity index (χ0v) is 13.9. The molecule has 0 spiro atoms. The molecule has 0 unspecified atom stereocenters. The molecule has 2 aromatic rings. The maximum absolute atomic E-state index is 12.1. The summed E-state index contributed by atoms with van der Waals surface area (Å²) in [6.45, 7) is 6.64. The lowest BCUT2D eigenvalue weighted by atomic mass is 10.1. The second-order valence-electron chi connectivity index (χ2n) is 5.59. The van der Waals surface area contributed by atoms with Gasteiger partial charge >= 0.3 is 0 Å². The maximum atomic E-state index is 12.1. The highest BCUT2D eigenvalue weighted by molar-refractivity contribution is 7.88. The highest BCUT2D eigenvalue weighted by atomic mass is 32.2. The third-order valence-electron chi connectivity index (χ3n) is 3.59. The molecule has 3 nitrogen and oxygen atoms in total. The number of rotatable bonds is 6. The van der Waals surface area contributed by atoms with E-state index < -0.39 is 10.0 Å². The Labute approximate surface area is 133 Å². The van der Waals surface area contributed by atoms with Crippen LogP contribution in [0.1, 0.15) is 22.3 Å². The fraction of sp³-hybridized carbons (Fsp3) is 0.278. The first-order valence-electron chi connectivity index (χ1n) is 7.26. The fourth-order valence-corrected chi connectivity index (χ4v) is 3.04. The molecule has 0 aliphatic heterocycles. The van der Waals surface area contributed by atoms with Crippen molar-refractivity contribution in [1.82, 2.24) is 4.31 Å². The van der Waals surface area contributed by atoms with Crippen molar-refractivity contribution in [2.45, 2.75) is 26.4 Å². The van der Waals surface area contributed by atoms with Crippen molar-refractivity contribution in [3.8, 4) is 0 Å². The minimum atomic E-state index is -3.27. The number of sulfonamides is 1. The SMILES string of the molecule is [CH2]Cc1cccc(CN(Cc2ccc(C)cc2)S(C)(=O)=O)c1. The molecule has 0 N–H and O–H groups in total. The molecule has 2 rings (SSSR count). The smallest absolute Gasteiger partial charge is 0.211 e. The van der Waals surface area contributed by atoms with Gasteiger partial charge in [-0.05, 0) is 37.0 Å². The summed E-state index contributed by atoms with van der Waals surface area (Å²) in [5, 5.41) is 0. The normalized spacial score (nSPS) is 11.8. The molecular formula is C18H22NO2S. The average molecular weight is 316 g/mol. The molecule has 0 aliphatic carbocycles.